The molecule has 0 radical (unpaired) electrons. The molecule has 0 aliphatic carbocycles. The number of Topliss-reactive ketones (excluding diaryl/α,β-unsaturated/α-hetero) is 1. The number of ether oxygens (including phenoxy) is 1. The molecule has 0 saturated heterocycles. The molecule has 0 amide bonds. The van der Waals surface area contributed by atoms with Crippen molar-refractivity contribution in [2.45, 2.75) is 47.0 Å². The second-order valence-electron chi connectivity index (χ2n) is 6.51. The zero-order valence-corrected chi connectivity index (χ0v) is 18.2. The first kappa shape index (κ1) is 22.9. The van der Waals surface area contributed by atoms with Crippen LogP contribution in [0.4, 0.5) is 0 Å². The predicted molar refractivity (Wildman–Crippen MR) is 112 cm³/mol. The summed E-state index contributed by atoms with van der Waals surface area (Å²) >= 11 is 0. The average molecular weight is 388 g/mol. The first-order valence-corrected chi connectivity index (χ1v) is 9.58. The summed E-state index contributed by atoms with van der Waals surface area (Å²) in [5.41, 5.74) is 5.37. The van der Waals surface area contributed by atoms with Crippen LogP contribution in [-0.2, 0) is 14.1 Å². The highest BCUT2D eigenvalue weighted by Crippen LogP contribution is 2.29. The maximum Gasteiger partial charge on any atom is 0.321 e. The van der Waals surface area contributed by atoms with Crippen LogP contribution in [0.15, 0.2) is 36.4 Å². The van der Waals surface area contributed by atoms with Gasteiger partial charge in [0.15, 0.2) is 5.78 Å². The third-order valence-electron chi connectivity index (χ3n) is 4.68. The first-order valence-electron chi connectivity index (χ1n) is 9.00. The lowest BCUT2D eigenvalue weighted by Gasteiger charge is -2.20. The Morgan fingerprint density at radius 1 is 0.963 bits per heavy atom. The summed E-state index contributed by atoms with van der Waals surface area (Å²) in [5, 5.41) is 0. The number of rotatable bonds is 6. The Balaban J connectivity index is 0.00000176. The first-order chi connectivity index (χ1) is 12.9. The number of hydrogen-bond acceptors (Lipinski definition) is 4. The Morgan fingerprint density at radius 3 is 2.11 bits per heavy atom. The molecule has 2 rings (SSSR count). The molecule has 0 aliphatic heterocycles. The molecule has 2 unspecified atom stereocenters. The van der Waals surface area contributed by atoms with Gasteiger partial charge in [0, 0.05) is 5.56 Å². The maximum atomic E-state index is 13.4. The van der Waals surface area contributed by atoms with E-state index in [1.807, 2.05) is 71.0 Å². The van der Waals surface area contributed by atoms with E-state index >= 15 is 0 Å². The summed E-state index contributed by atoms with van der Waals surface area (Å²) < 4.78 is 13.6. The molecule has 2 aromatic rings. The maximum absolute atomic E-state index is 13.4. The number of aryl methyl sites for hydroxylation is 2. The fraction of sp³-hybridized carbons (Fsp3) is 0.364. The minimum Gasteiger partial charge on any atom is -0.465 e. The third-order valence-corrected chi connectivity index (χ3v) is 4.68. The van der Waals surface area contributed by atoms with Crippen molar-refractivity contribution in [3.63, 3.8) is 0 Å². The highest BCUT2D eigenvalue weighted by atomic mass is 31.0. The van der Waals surface area contributed by atoms with Crippen LogP contribution >= 0.6 is 9.12 Å². The fourth-order valence-electron chi connectivity index (χ4n) is 3.13. The lowest BCUT2D eigenvalue weighted by atomic mass is 9.84. The molecule has 0 fully saturated rings. The van der Waals surface area contributed by atoms with Gasteiger partial charge in [0.1, 0.15) is 5.92 Å². The zero-order chi connectivity index (χ0) is 20.6. The number of benzene rings is 2. The summed E-state index contributed by atoms with van der Waals surface area (Å²) in [6, 6.07) is 11.2. The van der Waals surface area contributed by atoms with Crippen LogP contribution in [0, 0.1) is 27.7 Å². The zero-order valence-electron chi connectivity index (χ0n) is 16.8. The van der Waals surface area contributed by atoms with Crippen molar-refractivity contribution in [2.75, 3.05) is 6.61 Å². The molecule has 0 N–H and O–H groups in total. The second-order valence-corrected chi connectivity index (χ2v) is 6.51. The fourth-order valence-corrected chi connectivity index (χ4v) is 3.13. The molecule has 2 aromatic carbocycles. The Morgan fingerprint density at radius 2 is 1.56 bits per heavy atom. The van der Waals surface area contributed by atoms with Crippen LogP contribution in [0.25, 0.3) is 0 Å². The lowest BCUT2D eigenvalue weighted by molar-refractivity contribution is -0.144. The highest BCUT2D eigenvalue weighted by Gasteiger charge is 2.32. The van der Waals surface area contributed by atoms with Gasteiger partial charge in [-0.25, -0.2) is 0 Å². The summed E-state index contributed by atoms with van der Waals surface area (Å²) in [5.74, 6) is -1.59. The molecule has 0 bridgehead atoms. The molecule has 5 heteroatoms. The third kappa shape index (κ3) is 5.40. The molecule has 4 nitrogen and oxygen atoms in total. The molecule has 27 heavy (non-hydrogen) atoms. The van der Waals surface area contributed by atoms with E-state index in [0.29, 0.717) is 26.9 Å². The van der Waals surface area contributed by atoms with E-state index in [-0.39, 0.29) is 5.78 Å². The summed E-state index contributed by atoms with van der Waals surface area (Å²) in [4.78, 5) is 26.0. The number of carbonyl (C=O) groups is 2. The molecule has 0 aromatic heterocycles. The summed E-state index contributed by atoms with van der Waals surface area (Å²) in [7, 11) is 0.611. The van der Waals surface area contributed by atoms with Crippen LogP contribution in [0.3, 0.4) is 0 Å². The van der Waals surface area contributed by atoms with Crippen molar-refractivity contribution in [1.29, 1.82) is 0 Å². The Bertz CT molecular complexity index is 800. The van der Waals surface area contributed by atoms with E-state index in [4.69, 9.17) is 9.30 Å². The normalized spacial score (nSPS) is 11.3. The van der Waals surface area contributed by atoms with Crippen molar-refractivity contribution < 1.29 is 18.9 Å². The molecular weight excluding hydrogens is 359 g/mol. The van der Waals surface area contributed by atoms with Gasteiger partial charge in [-0.15, -0.1) is 0 Å². The summed E-state index contributed by atoms with van der Waals surface area (Å²) in [6.07, 6.45) is 0.725. The van der Waals surface area contributed by atoms with Gasteiger partial charge in [-0.3, -0.25) is 9.59 Å². The topological polar surface area (TPSA) is 60.4 Å². The number of hydrogen-bond donors (Lipinski definition) is 0. The van der Waals surface area contributed by atoms with Gasteiger partial charge in [0.25, 0.3) is 0 Å². The molecular formula is C22H29O4P. The van der Waals surface area contributed by atoms with Crippen LogP contribution in [0.5, 0.6) is 0 Å². The monoisotopic (exact) mass is 388 g/mol. The average Bonchev–Trinajstić information content (AvgIpc) is 2.67. The van der Waals surface area contributed by atoms with Crippen LogP contribution in [0.2, 0.25) is 0 Å². The van der Waals surface area contributed by atoms with Crippen LogP contribution in [0.1, 0.15) is 57.4 Å². The standard InChI is InChI=1S/C22H26O3.H3OP/c1-6-12-25-22(24)20(18-10-8-7-9-11-18)21(23)19-15(3)13-14(2)16(4)17(19)5;1-2/h7-11,13,20H,6,12H2,1-5H3;2H3. The van der Waals surface area contributed by atoms with Crippen molar-refractivity contribution in [3.05, 3.63) is 69.8 Å². The minimum atomic E-state index is -0.924. The molecule has 146 valence electrons. The van der Waals surface area contributed by atoms with Gasteiger partial charge in [0.2, 0.25) is 0 Å². The van der Waals surface area contributed by atoms with Crippen LogP contribution < -0.4 is 0 Å². The second kappa shape index (κ2) is 10.8. The van der Waals surface area contributed by atoms with E-state index in [1.54, 1.807) is 0 Å². The van der Waals surface area contributed by atoms with Crippen molar-refractivity contribution in [3.8, 4) is 0 Å². The number of esters is 1. The van der Waals surface area contributed by atoms with E-state index in [0.717, 1.165) is 28.7 Å². The largest absolute Gasteiger partial charge is 0.465 e. The molecule has 0 heterocycles. The van der Waals surface area contributed by atoms with Crippen molar-refractivity contribution >= 4 is 20.9 Å². The minimum absolute atomic E-state index is 0.189. The number of ketones is 1. The van der Waals surface area contributed by atoms with Gasteiger partial charge in [-0.2, -0.15) is 0 Å². The molecule has 2 atom stereocenters. The van der Waals surface area contributed by atoms with Gasteiger partial charge in [-0.1, -0.05) is 43.3 Å². The lowest BCUT2D eigenvalue weighted by Crippen LogP contribution is -2.26. The van der Waals surface area contributed by atoms with E-state index in [1.165, 1.54) is 0 Å². The summed E-state index contributed by atoms with van der Waals surface area (Å²) in [6.45, 7) is 10.2. The Hall–Kier alpha value is -2.19. The van der Waals surface area contributed by atoms with Crippen molar-refractivity contribution in [1.82, 2.24) is 0 Å². The SMILES string of the molecule is CCCOC(=O)C(C(=O)c1c(C)cc(C)c(C)c1C)c1ccccc1.O=[PH3]. The van der Waals surface area contributed by atoms with E-state index in [2.05, 4.69) is 0 Å². The smallest absolute Gasteiger partial charge is 0.321 e. The van der Waals surface area contributed by atoms with Gasteiger partial charge in [0.05, 0.1) is 15.7 Å². The predicted octanol–water partition coefficient (Wildman–Crippen LogP) is 4.78. The quantitative estimate of drug-likeness (QED) is 0.309. The number of carbonyl (C=O) groups excluding carboxylic acids is 2. The van der Waals surface area contributed by atoms with Crippen LogP contribution in [-0.4, -0.2) is 18.4 Å². The molecule has 0 spiro atoms. The highest BCUT2D eigenvalue weighted by molar-refractivity contribution is 7.00. The van der Waals surface area contributed by atoms with E-state index in [9.17, 15) is 9.59 Å². The molecule has 0 aliphatic rings. The van der Waals surface area contributed by atoms with Gasteiger partial charge in [-0.05, 0) is 61.9 Å². The Labute approximate surface area is 163 Å². The molecule has 0 saturated carbocycles. The van der Waals surface area contributed by atoms with Crippen molar-refractivity contribution in [2.24, 2.45) is 0 Å². The van der Waals surface area contributed by atoms with E-state index < -0.39 is 11.9 Å². The van der Waals surface area contributed by atoms with Gasteiger partial charge < -0.3 is 9.30 Å². The Kier molecular flexibility index (Phi) is 9.17. The van der Waals surface area contributed by atoms with Gasteiger partial charge >= 0.3 is 5.97 Å².